The predicted molar refractivity (Wildman–Crippen MR) is 153 cm³/mol. The lowest BCUT2D eigenvalue weighted by Gasteiger charge is -2.32. The zero-order chi connectivity index (χ0) is 38.8. The monoisotopic (exact) mass is 747 g/mol. The number of aromatic nitrogens is 1. The molecule has 0 atom stereocenters. The number of hydrogen-bond acceptors (Lipinski definition) is 2. The first kappa shape index (κ1) is 39.6. The molecule has 1 aromatic heterocycles. The largest absolute Gasteiger partial charge is 0.495 e. The third kappa shape index (κ3) is 6.67. The van der Waals surface area contributed by atoms with E-state index in [1.807, 2.05) is 13.8 Å². The van der Waals surface area contributed by atoms with E-state index in [0.717, 1.165) is 16.9 Å². The number of aromatic amines is 1. The molecule has 3 aromatic carbocycles. The van der Waals surface area contributed by atoms with Gasteiger partial charge in [-0.1, -0.05) is 0 Å². The third-order valence-electron chi connectivity index (χ3n) is 8.65. The van der Waals surface area contributed by atoms with Crippen molar-refractivity contribution in [2.75, 3.05) is 0 Å². The number of hydrogen-bond donors (Lipinski definition) is 0. The van der Waals surface area contributed by atoms with Crippen molar-refractivity contribution in [2.24, 2.45) is 0 Å². The molecule has 0 spiro atoms. The van der Waals surface area contributed by atoms with Crippen LogP contribution in [0.4, 0.5) is 65.9 Å². The minimum Gasteiger partial charge on any atom is -0.399 e. The van der Waals surface area contributed by atoms with Crippen LogP contribution in [0.2, 0.25) is 0 Å². The maximum atomic E-state index is 14.4. The number of pyridine rings is 1. The molecule has 0 unspecified atom stereocenters. The highest BCUT2D eigenvalue weighted by Crippen LogP contribution is 2.36. The molecule has 0 aliphatic carbocycles. The molecule has 2 heterocycles. The average Bonchev–Trinajstić information content (AvgIpc) is 3.28. The van der Waals surface area contributed by atoms with Gasteiger partial charge in [0.05, 0.1) is 17.9 Å². The third-order valence-corrected chi connectivity index (χ3v) is 8.65. The number of rotatable bonds is 4. The summed E-state index contributed by atoms with van der Waals surface area (Å²) in [5.74, 6) is -44.8. The molecular weight excluding hydrogens is 725 g/mol. The summed E-state index contributed by atoms with van der Waals surface area (Å²) < 4.78 is 221. The minimum absolute atomic E-state index is 0.271. The molecule has 0 amide bonds. The molecule has 3 nitrogen and oxygen atoms in total. The Morgan fingerprint density at radius 3 is 0.882 bits per heavy atom. The Morgan fingerprint density at radius 2 is 0.647 bits per heavy atom. The van der Waals surface area contributed by atoms with E-state index >= 15 is 0 Å². The molecule has 4 aromatic rings. The zero-order valence-electron chi connectivity index (χ0n) is 26.9. The van der Waals surface area contributed by atoms with E-state index in [0.29, 0.717) is 0 Å². The minimum atomic E-state index is -5.16. The summed E-state index contributed by atoms with van der Waals surface area (Å²) >= 11 is 0. The van der Waals surface area contributed by atoms with Crippen molar-refractivity contribution in [3.8, 4) is 0 Å². The van der Waals surface area contributed by atoms with E-state index in [1.54, 1.807) is 0 Å². The standard InChI is InChI=1S/C18HBF15.C13H20BNO2/c20-4-1(5(21)11(27)16(32)10(4)26)19(2-6(22)12(28)17(33)13(29)7(2)23)3-8(24)14(30)18(34)15(31)9(3)25;1-9-7-11(8-10(2)15-9)14-16-12(3,4)13(5,6)17-14/h19H;7-8H,1-6H3/q-1;/p+1. The van der Waals surface area contributed by atoms with Crippen LogP contribution in [-0.2, 0) is 9.31 Å². The van der Waals surface area contributed by atoms with Crippen molar-refractivity contribution >= 4 is 35.7 Å². The van der Waals surface area contributed by atoms with Gasteiger partial charge in [0.2, 0.25) is 0 Å². The Bertz CT molecular complexity index is 1790. The van der Waals surface area contributed by atoms with Crippen LogP contribution in [0.5, 0.6) is 0 Å². The molecule has 51 heavy (non-hydrogen) atoms. The van der Waals surface area contributed by atoms with Crippen molar-refractivity contribution in [1.82, 2.24) is 0 Å². The van der Waals surface area contributed by atoms with Crippen molar-refractivity contribution in [1.29, 1.82) is 0 Å². The van der Waals surface area contributed by atoms with Crippen LogP contribution in [0.3, 0.4) is 0 Å². The van der Waals surface area contributed by atoms with E-state index in [1.165, 1.54) is 0 Å². The molecule has 1 N–H and O–H groups in total. The van der Waals surface area contributed by atoms with Gasteiger partial charge in [-0.05, 0) is 33.2 Å². The van der Waals surface area contributed by atoms with Crippen LogP contribution < -0.4 is 26.8 Å². The summed E-state index contributed by atoms with van der Waals surface area (Å²) in [5.41, 5.74) is -5.02. The van der Waals surface area contributed by atoms with Crippen molar-refractivity contribution in [3.05, 3.63) is 111 Å². The highest BCUT2D eigenvalue weighted by molar-refractivity contribution is 6.95. The fraction of sp³-hybridized carbons (Fsp3) is 0.258. The second-order valence-corrected chi connectivity index (χ2v) is 12.5. The molecule has 5 rings (SSSR count). The maximum Gasteiger partial charge on any atom is 0.495 e. The molecule has 1 saturated heterocycles. The normalized spacial score (nSPS) is 15.1. The van der Waals surface area contributed by atoms with Crippen LogP contribution in [-0.4, -0.2) is 25.0 Å². The van der Waals surface area contributed by atoms with Crippen LogP contribution in [0.1, 0.15) is 39.1 Å². The van der Waals surface area contributed by atoms with Crippen LogP contribution in [0.15, 0.2) is 12.1 Å². The summed E-state index contributed by atoms with van der Waals surface area (Å²) in [4.78, 5) is 3.26. The molecule has 0 saturated carbocycles. The van der Waals surface area contributed by atoms with E-state index in [4.69, 9.17) is 9.31 Å². The molecule has 20 heteroatoms. The van der Waals surface area contributed by atoms with Crippen LogP contribution in [0, 0.1) is 101 Å². The van der Waals surface area contributed by atoms with Crippen LogP contribution >= 0.6 is 0 Å². The Morgan fingerprint density at radius 1 is 0.431 bits per heavy atom. The summed E-state index contributed by atoms with van der Waals surface area (Å²) in [5, 5.41) is 0. The molecular formula is C31H22B2F15NO2. The van der Waals surface area contributed by atoms with Crippen molar-refractivity contribution in [3.63, 3.8) is 0 Å². The van der Waals surface area contributed by atoms with Gasteiger partial charge < -0.3 is 9.31 Å². The maximum absolute atomic E-state index is 14.4. The topological polar surface area (TPSA) is 32.6 Å². The smallest absolute Gasteiger partial charge is 0.399 e. The number of aryl methyl sites for hydroxylation is 2. The van der Waals surface area contributed by atoms with Crippen molar-refractivity contribution < 1.29 is 80.1 Å². The highest BCUT2D eigenvalue weighted by atomic mass is 19.2. The lowest BCUT2D eigenvalue weighted by Crippen LogP contribution is -2.60. The quantitative estimate of drug-likeness (QED) is 0.121. The van der Waals surface area contributed by atoms with Gasteiger partial charge in [0.1, 0.15) is 34.9 Å². The van der Waals surface area contributed by atoms with Gasteiger partial charge in [-0.3, -0.25) is 0 Å². The van der Waals surface area contributed by atoms with Gasteiger partial charge in [0.25, 0.3) is 0 Å². The summed E-state index contributed by atoms with van der Waals surface area (Å²) in [7, 11) is -0.271. The highest BCUT2D eigenvalue weighted by Gasteiger charge is 2.52. The van der Waals surface area contributed by atoms with Gasteiger partial charge in [0.15, 0.2) is 63.7 Å². The molecule has 0 bridgehead atoms. The Labute approximate surface area is 279 Å². The van der Waals surface area contributed by atoms with Crippen molar-refractivity contribution in [2.45, 2.75) is 52.7 Å². The first-order chi connectivity index (χ1) is 23.4. The van der Waals surface area contributed by atoms with E-state index in [9.17, 15) is 65.9 Å². The van der Waals surface area contributed by atoms with E-state index < -0.39 is 110 Å². The first-order valence-corrected chi connectivity index (χ1v) is 14.5. The molecule has 1 aliphatic rings. The summed E-state index contributed by atoms with van der Waals surface area (Å²) in [6.07, 6.45) is 0. The number of halogens is 15. The number of nitrogens with one attached hydrogen (secondary N) is 1. The molecule has 274 valence electrons. The molecule has 1 fully saturated rings. The zero-order valence-corrected chi connectivity index (χ0v) is 26.9. The molecule has 0 radical (unpaired) electrons. The van der Waals surface area contributed by atoms with E-state index in [2.05, 4.69) is 44.8 Å². The second-order valence-electron chi connectivity index (χ2n) is 12.5. The van der Waals surface area contributed by atoms with Gasteiger partial charge >= 0.3 is 7.12 Å². The lowest BCUT2D eigenvalue weighted by molar-refractivity contribution is -0.396. The predicted octanol–water partition coefficient (Wildman–Crippen LogP) is 5.44. The SMILES string of the molecule is Cc1cc(B2OC(C)(C)C(C)(C)O2)cc(C)[nH+]1.Fc1c(F)c(F)c([BH-](c2c(F)c(F)c(F)c(F)c2F)c2c(F)c(F)c(F)c(F)c2F)c(F)c1F. The fourth-order valence-electron chi connectivity index (χ4n) is 5.45. The lowest BCUT2D eigenvalue weighted by atomic mass is 9.36. The van der Waals surface area contributed by atoms with Crippen LogP contribution in [0.25, 0.3) is 0 Å². The Balaban J connectivity index is 0.000000286. The summed E-state index contributed by atoms with van der Waals surface area (Å²) in [6.45, 7) is 7.21. The fourth-order valence-corrected chi connectivity index (χ4v) is 5.45. The Hall–Kier alpha value is -4.19. The number of H-pyrrole nitrogens is 1. The van der Waals surface area contributed by atoms with Gasteiger partial charge in [-0.15, -0.1) is 16.4 Å². The summed E-state index contributed by atoms with van der Waals surface area (Å²) in [6, 6.07) is 4.16. The average molecular weight is 747 g/mol. The van der Waals surface area contributed by atoms with Gasteiger partial charge in [-0.25, -0.2) is 70.8 Å². The number of benzene rings is 3. The van der Waals surface area contributed by atoms with Gasteiger partial charge in [0, 0.05) is 26.0 Å². The Kier molecular flexibility index (Phi) is 10.7. The van der Waals surface area contributed by atoms with Gasteiger partial charge in [-0.2, -0.15) is 0 Å². The van der Waals surface area contributed by atoms with E-state index in [-0.39, 0.29) is 18.3 Å². The second kappa shape index (κ2) is 13.7. The first-order valence-electron chi connectivity index (χ1n) is 14.5. The molecule has 1 aliphatic heterocycles.